The van der Waals surface area contributed by atoms with Crippen LogP contribution in [0.3, 0.4) is 0 Å². The SMILES string of the molecule is CC(C)(C)[Si](OC1CCCC(C(N)=O)C1)(c1ccccc1)c1ccccc1. The summed E-state index contributed by atoms with van der Waals surface area (Å²) < 4.78 is 7.13. The van der Waals surface area contributed by atoms with Gasteiger partial charge in [0.2, 0.25) is 5.91 Å². The van der Waals surface area contributed by atoms with Gasteiger partial charge in [0.1, 0.15) is 0 Å². The number of hydrogen-bond donors (Lipinski definition) is 1. The molecule has 0 saturated heterocycles. The van der Waals surface area contributed by atoms with Crippen molar-refractivity contribution < 1.29 is 9.22 Å². The first-order valence-corrected chi connectivity index (χ1v) is 11.8. The Morgan fingerprint density at radius 2 is 1.48 bits per heavy atom. The minimum atomic E-state index is -2.55. The summed E-state index contributed by atoms with van der Waals surface area (Å²) in [4.78, 5) is 11.8. The number of nitrogens with two attached hydrogens (primary N) is 1. The molecule has 1 saturated carbocycles. The fourth-order valence-corrected chi connectivity index (χ4v) is 9.18. The van der Waals surface area contributed by atoms with Crippen molar-refractivity contribution in [1.29, 1.82) is 0 Å². The van der Waals surface area contributed by atoms with E-state index in [9.17, 15) is 4.79 Å². The molecule has 3 rings (SSSR count). The molecule has 2 atom stereocenters. The highest BCUT2D eigenvalue weighted by Crippen LogP contribution is 2.39. The highest BCUT2D eigenvalue weighted by molar-refractivity contribution is 6.99. The lowest BCUT2D eigenvalue weighted by molar-refractivity contribution is -0.123. The van der Waals surface area contributed by atoms with E-state index in [1.807, 2.05) is 0 Å². The van der Waals surface area contributed by atoms with Crippen molar-refractivity contribution in [2.45, 2.75) is 57.6 Å². The van der Waals surface area contributed by atoms with Crippen LogP contribution in [0.4, 0.5) is 0 Å². The van der Waals surface area contributed by atoms with Gasteiger partial charge in [-0.25, -0.2) is 0 Å². The fourth-order valence-electron chi connectivity index (χ4n) is 4.45. The molecule has 4 heteroatoms. The number of carbonyl (C=O) groups is 1. The van der Waals surface area contributed by atoms with Crippen LogP contribution in [-0.4, -0.2) is 20.3 Å². The van der Waals surface area contributed by atoms with E-state index in [2.05, 4.69) is 81.4 Å². The monoisotopic (exact) mass is 381 g/mol. The molecular formula is C23H31NO2Si. The molecule has 0 heterocycles. The summed E-state index contributed by atoms with van der Waals surface area (Å²) in [5.74, 6) is -0.257. The molecule has 1 aliphatic rings. The molecule has 0 bridgehead atoms. The second-order valence-corrected chi connectivity index (χ2v) is 12.9. The van der Waals surface area contributed by atoms with Gasteiger partial charge in [0.25, 0.3) is 8.32 Å². The Balaban J connectivity index is 2.08. The predicted molar refractivity (Wildman–Crippen MR) is 114 cm³/mol. The van der Waals surface area contributed by atoms with Gasteiger partial charge < -0.3 is 10.2 Å². The molecular weight excluding hydrogens is 350 g/mol. The topological polar surface area (TPSA) is 52.3 Å². The number of rotatable bonds is 5. The minimum Gasteiger partial charge on any atom is -0.404 e. The third kappa shape index (κ3) is 4.02. The summed E-state index contributed by atoms with van der Waals surface area (Å²) in [5, 5.41) is 2.52. The summed E-state index contributed by atoms with van der Waals surface area (Å²) in [5.41, 5.74) is 5.62. The maximum Gasteiger partial charge on any atom is 0.261 e. The van der Waals surface area contributed by atoms with E-state index >= 15 is 0 Å². The molecule has 1 fully saturated rings. The van der Waals surface area contributed by atoms with Crippen molar-refractivity contribution in [3.8, 4) is 0 Å². The third-order valence-corrected chi connectivity index (χ3v) is 10.9. The van der Waals surface area contributed by atoms with Crippen molar-refractivity contribution in [2.24, 2.45) is 11.7 Å². The standard InChI is InChI=1S/C23H31NO2Si/c1-23(2,3)27(20-13-6-4-7-14-20,21-15-8-5-9-16-21)26-19-12-10-11-18(17-19)22(24)25/h4-9,13-16,18-19H,10-12,17H2,1-3H3,(H2,24,25). The predicted octanol–water partition coefficient (Wildman–Crippen LogP) is 3.61. The van der Waals surface area contributed by atoms with Gasteiger partial charge in [-0.1, -0.05) is 87.9 Å². The second-order valence-electron chi connectivity index (χ2n) is 8.67. The zero-order valence-corrected chi connectivity index (χ0v) is 17.7. The average Bonchev–Trinajstić information content (AvgIpc) is 2.66. The van der Waals surface area contributed by atoms with Gasteiger partial charge in [-0.3, -0.25) is 4.79 Å². The smallest absolute Gasteiger partial charge is 0.261 e. The summed E-state index contributed by atoms with van der Waals surface area (Å²) in [6.07, 6.45) is 3.68. The molecule has 0 aliphatic heterocycles. The molecule has 2 aromatic carbocycles. The van der Waals surface area contributed by atoms with E-state index in [-0.39, 0.29) is 23.0 Å². The maximum atomic E-state index is 11.8. The van der Waals surface area contributed by atoms with E-state index in [0.717, 1.165) is 25.7 Å². The number of hydrogen-bond acceptors (Lipinski definition) is 2. The quantitative estimate of drug-likeness (QED) is 0.805. The maximum absolute atomic E-state index is 11.8. The number of amides is 1. The molecule has 3 nitrogen and oxygen atoms in total. The molecule has 0 spiro atoms. The van der Waals surface area contributed by atoms with E-state index in [4.69, 9.17) is 10.2 Å². The van der Waals surface area contributed by atoms with Crippen molar-refractivity contribution in [3.63, 3.8) is 0 Å². The van der Waals surface area contributed by atoms with Gasteiger partial charge in [0.05, 0.1) is 0 Å². The zero-order chi connectivity index (χ0) is 19.5. The molecule has 2 N–H and O–H groups in total. The lowest BCUT2D eigenvalue weighted by Gasteiger charge is -2.46. The summed E-state index contributed by atoms with van der Waals surface area (Å²) in [6, 6.07) is 21.3. The van der Waals surface area contributed by atoms with Crippen LogP contribution in [0.1, 0.15) is 46.5 Å². The van der Waals surface area contributed by atoms with Gasteiger partial charge in [-0.05, 0) is 34.7 Å². The molecule has 27 heavy (non-hydrogen) atoms. The Labute approximate surface area is 164 Å². The zero-order valence-electron chi connectivity index (χ0n) is 16.7. The van der Waals surface area contributed by atoms with Crippen molar-refractivity contribution in [2.75, 3.05) is 0 Å². The Bertz CT molecular complexity index is 715. The van der Waals surface area contributed by atoms with Crippen LogP contribution in [0, 0.1) is 5.92 Å². The van der Waals surface area contributed by atoms with E-state index in [1.54, 1.807) is 0 Å². The van der Waals surface area contributed by atoms with Crippen LogP contribution in [0.2, 0.25) is 5.04 Å². The van der Waals surface area contributed by atoms with Gasteiger partial charge in [-0.15, -0.1) is 0 Å². The molecule has 0 radical (unpaired) electrons. The van der Waals surface area contributed by atoms with Crippen LogP contribution < -0.4 is 16.1 Å². The van der Waals surface area contributed by atoms with Gasteiger partial charge in [-0.2, -0.15) is 0 Å². The number of primary amides is 1. The number of carbonyl (C=O) groups excluding carboxylic acids is 1. The highest BCUT2D eigenvalue weighted by atomic mass is 28.4. The molecule has 2 aromatic rings. The minimum absolute atomic E-state index is 0.0463. The fraction of sp³-hybridized carbons (Fsp3) is 0.435. The summed E-state index contributed by atoms with van der Waals surface area (Å²) in [6.45, 7) is 6.86. The Morgan fingerprint density at radius 3 is 1.93 bits per heavy atom. The summed E-state index contributed by atoms with van der Waals surface area (Å²) in [7, 11) is -2.55. The van der Waals surface area contributed by atoms with Crippen LogP contribution in [0.5, 0.6) is 0 Å². The van der Waals surface area contributed by atoms with E-state index in [1.165, 1.54) is 10.4 Å². The Kier molecular flexibility index (Phi) is 5.87. The lowest BCUT2D eigenvalue weighted by atomic mass is 9.87. The van der Waals surface area contributed by atoms with E-state index < -0.39 is 8.32 Å². The highest BCUT2D eigenvalue weighted by Gasteiger charge is 2.51. The molecule has 144 valence electrons. The van der Waals surface area contributed by atoms with E-state index in [0.29, 0.717) is 0 Å². The van der Waals surface area contributed by atoms with Crippen LogP contribution in [0.15, 0.2) is 60.7 Å². The molecule has 2 unspecified atom stereocenters. The van der Waals surface area contributed by atoms with Crippen LogP contribution in [-0.2, 0) is 9.22 Å². The van der Waals surface area contributed by atoms with Crippen LogP contribution >= 0.6 is 0 Å². The largest absolute Gasteiger partial charge is 0.404 e. The van der Waals surface area contributed by atoms with Crippen LogP contribution in [0.25, 0.3) is 0 Å². The average molecular weight is 382 g/mol. The molecule has 0 aromatic heterocycles. The Hall–Kier alpha value is -1.91. The van der Waals surface area contributed by atoms with Crippen molar-refractivity contribution in [1.82, 2.24) is 0 Å². The van der Waals surface area contributed by atoms with Crippen molar-refractivity contribution >= 4 is 24.6 Å². The third-order valence-electron chi connectivity index (χ3n) is 5.79. The first-order valence-electron chi connectivity index (χ1n) is 9.93. The Morgan fingerprint density at radius 1 is 0.963 bits per heavy atom. The van der Waals surface area contributed by atoms with Gasteiger partial charge >= 0.3 is 0 Å². The number of benzene rings is 2. The first kappa shape index (κ1) is 19.8. The molecule has 1 amide bonds. The van der Waals surface area contributed by atoms with Crippen molar-refractivity contribution in [3.05, 3.63) is 60.7 Å². The van der Waals surface area contributed by atoms with Gasteiger partial charge in [0.15, 0.2) is 0 Å². The normalized spacial score (nSPS) is 21.0. The van der Waals surface area contributed by atoms with Gasteiger partial charge in [0, 0.05) is 12.0 Å². The molecule has 1 aliphatic carbocycles. The first-order chi connectivity index (χ1) is 12.8. The second kappa shape index (κ2) is 7.99. The lowest BCUT2D eigenvalue weighted by Crippen LogP contribution is -2.68. The summed E-state index contributed by atoms with van der Waals surface area (Å²) >= 11 is 0.